The van der Waals surface area contributed by atoms with E-state index < -0.39 is 0 Å². The average Bonchev–Trinajstić information content (AvgIpc) is 2.66. The number of tetrazole rings is 1. The van der Waals surface area contributed by atoms with Gasteiger partial charge in [-0.3, -0.25) is 4.79 Å². The first kappa shape index (κ1) is 10.9. The zero-order valence-corrected chi connectivity index (χ0v) is 10.9. The van der Waals surface area contributed by atoms with Crippen molar-refractivity contribution < 1.29 is 4.79 Å². The van der Waals surface area contributed by atoms with E-state index in [0.29, 0.717) is 17.3 Å². The lowest BCUT2D eigenvalue weighted by Crippen LogP contribution is -2.11. The summed E-state index contributed by atoms with van der Waals surface area (Å²) in [4.78, 5) is 11.7. The maximum absolute atomic E-state index is 11.7. The average molecular weight is 314 g/mol. The molecule has 0 atom stereocenters. The summed E-state index contributed by atoms with van der Waals surface area (Å²) in [5.41, 5.74) is 1.70. The summed E-state index contributed by atoms with van der Waals surface area (Å²) in [6, 6.07) is 3.63. The monoisotopic (exact) mass is 312 g/mol. The molecule has 0 aliphatic carbocycles. The smallest absolute Gasteiger partial charge is 0.182 e. The third kappa shape index (κ3) is 1.77. The first-order chi connectivity index (χ1) is 8.15. The summed E-state index contributed by atoms with van der Waals surface area (Å²) in [6.07, 6.45) is 0.341. The molecule has 0 saturated carbocycles. The van der Waals surface area contributed by atoms with Gasteiger partial charge >= 0.3 is 0 Å². The Hall–Kier alpha value is -1.27. The molecule has 0 unspecified atom stereocenters. The highest BCUT2D eigenvalue weighted by Gasteiger charge is 2.22. The summed E-state index contributed by atoms with van der Waals surface area (Å²) in [5, 5.41) is 11.9. The topological polar surface area (TPSA) is 60.7 Å². The van der Waals surface area contributed by atoms with Gasteiger partial charge in [0.1, 0.15) is 6.54 Å². The van der Waals surface area contributed by atoms with Crippen LogP contribution in [0.5, 0.6) is 0 Å². The first-order valence-corrected chi connectivity index (χ1v) is 6.08. The number of rotatable bonds is 0. The van der Waals surface area contributed by atoms with Gasteiger partial charge in [0, 0.05) is 16.5 Å². The zero-order chi connectivity index (χ0) is 12.0. The predicted molar refractivity (Wildman–Crippen MR) is 64.7 cm³/mol. The van der Waals surface area contributed by atoms with Gasteiger partial charge in [-0.05, 0) is 44.1 Å². The number of aromatic nitrogens is 4. The van der Waals surface area contributed by atoms with Crippen LogP contribution in [-0.2, 0) is 17.8 Å². The minimum absolute atomic E-state index is 0.0655. The Bertz CT molecular complexity index is 625. The molecule has 0 fully saturated rings. The lowest BCUT2D eigenvalue weighted by Gasteiger charge is -2.05. The number of hydrogen-bond acceptors (Lipinski definition) is 4. The number of fused-ring (bicyclic) bond motifs is 3. The molecule has 5 nitrogen and oxygen atoms in total. The second kappa shape index (κ2) is 3.89. The van der Waals surface area contributed by atoms with E-state index in [9.17, 15) is 4.79 Å². The van der Waals surface area contributed by atoms with E-state index in [1.165, 1.54) is 4.68 Å². The van der Waals surface area contributed by atoms with Crippen molar-refractivity contribution in [2.75, 3.05) is 0 Å². The minimum atomic E-state index is 0.0655. The molecule has 86 valence electrons. The van der Waals surface area contributed by atoms with Crippen molar-refractivity contribution in [2.45, 2.75) is 13.0 Å². The van der Waals surface area contributed by atoms with Crippen LogP contribution >= 0.6 is 27.5 Å². The van der Waals surface area contributed by atoms with Crippen molar-refractivity contribution in [1.29, 1.82) is 0 Å². The molecule has 0 N–H and O–H groups in total. The van der Waals surface area contributed by atoms with Gasteiger partial charge in [0.2, 0.25) is 0 Å². The van der Waals surface area contributed by atoms with Crippen molar-refractivity contribution >= 4 is 33.3 Å². The molecule has 1 aliphatic heterocycles. The van der Waals surface area contributed by atoms with Crippen LogP contribution in [0.25, 0.3) is 11.4 Å². The number of carbonyl (C=O) groups is 1. The van der Waals surface area contributed by atoms with E-state index in [-0.39, 0.29) is 12.3 Å². The molecule has 1 aliphatic rings. The molecule has 1 aromatic carbocycles. The van der Waals surface area contributed by atoms with Crippen molar-refractivity contribution in [3.63, 3.8) is 0 Å². The van der Waals surface area contributed by atoms with E-state index in [1.54, 1.807) is 6.07 Å². The van der Waals surface area contributed by atoms with Gasteiger partial charge in [0.05, 0.1) is 5.02 Å². The van der Waals surface area contributed by atoms with Crippen LogP contribution in [0.15, 0.2) is 16.6 Å². The molecule has 17 heavy (non-hydrogen) atoms. The summed E-state index contributed by atoms with van der Waals surface area (Å²) in [6.45, 7) is 0.201. The molecule has 2 aromatic rings. The number of nitrogens with zero attached hydrogens (tertiary/aromatic N) is 4. The molecule has 0 spiro atoms. The summed E-state index contributed by atoms with van der Waals surface area (Å²) in [7, 11) is 0. The molecule has 0 saturated heterocycles. The lowest BCUT2D eigenvalue weighted by molar-refractivity contribution is -0.119. The molecular formula is C10H6BrClN4O. The van der Waals surface area contributed by atoms with Gasteiger partial charge < -0.3 is 0 Å². The molecule has 2 heterocycles. The molecule has 0 bridgehead atoms. The molecule has 7 heteroatoms. The Morgan fingerprint density at radius 2 is 2.24 bits per heavy atom. The van der Waals surface area contributed by atoms with Crippen LogP contribution in [0.1, 0.15) is 5.56 Å². The molecule has 3 rings (SSSR count). The Morgan fingerprint density at radius 3 is 3.06 bits per heavy atom. The highest BCUT2D eigenvalue weighted by molar-refractivity contribution is 9.10. The fourth-order valence-electron chi connectivity index (χ4n) is 1.88. The molecule has 0 amide bonds. The minimum Gasteiger partial charge on any atom is -0.297 e. The van der Waals surface area contributed by atoms with E-state index in [1.807, 2.05) is 6.07 Å². The van der Waals surface area contributed by atoms with Crippen molar-refractivity contribution in [2.24, 2.45) is 0 Å². The Labute approximate surface area is 110 Å². The maximum Gasteiger partial charge on any atom is 0.182 e. The third-order valence-corrected chi connectivity index (χ3v) is 3.83. The van der Waals surface area contributed by atoms with Crippen LogP contribution in [0.3, 0.4) is 0 Å². The van der Waals surface area contributed by atoms with Crippen LogP contribution < -0.4 is 0 Å². The third-order valence-electron chi connectivity index (χ3n) is 2.63. The Kier molecular flexibility index (Phi) is 2.48. The van der Waals surface area contributed by atoms with Gasteiger partial charge in [-0.25, -0.2) is 4.68 Å². The number of ketones is 1. The van der Waals surface area contributed by atoms with Crippen molar-refractivity contribution in [3.05, 3.63) is 27.2 Å². The normalized spacial score (nSPS) is 14.1. The van der Waals surface area contributed by atoms with Crippen molar-refractivity contribution in [1.82, 2.24) is 20.2 Å². The second-order valence-electron chi connectivity index (χ2n) is 3.80. The number of Topliss-reactive ketones (excluding diaryl/α,β-unsaturated/α-hetero) is 1. The molecule has 1 aromatic heterocycles. The quantitative estimate of drug-likeness (QED) is 0.745. The van der Waals surface area contributed by atoms with E-state index >= 15 is 0 Å². The molecule has 0 radical (unpaired) electrons. The molecular weight excluding hydrogens is 307 g/mol. The van der Waals surface area contributed by atoms with Crippen molar-refractivity contribution in [3.8, 4) is 11.4 Å². The van der Waals surface area contributed by atoms with Crippen LogP contribution in [0, 0.1) is 0 Å². The highest BCUT2D eigenvalue weighted by Crippen LogP contribution is 2.33. The number of hydrogen-bond donors (Lipinski definition) is 0. The predicted octanol–water partition coefficient (Wildman–Crippen LogP) is 1.88. The lowest BCUT2D eigenvalue weighted by atomic mass is 10.0. The maximum atomic E-state index is 11.7. The number of halogens is 2. The zero-order valence-electron chi connectivity index (χ0n) is 8.52. The standard InChI is InChI=1S/C10H6BrClN4O/c11-8-3-7-5(2-9(8)12)1-6(17)4-16-10(7)13-14-15-16/h2-3H,1,4H2. The fraction of sp³-hybridized carbons (Fsp3) is 0.200. The van der Waals surface area contributed by atoms with Gasteiger partial charge in [0.25, 0.3) is 0 Å². The van der Waals surface area contributed by atoms with Gasteiger partial charge in [0.15, 0.2) is 11.6 Å². The van der Waals surface area contributed by atoms with Crippen LogP contribution in [0.4, 0.5) is 0 Å². The van der Waals surface area contributed by atoms with Crippen LogP contribution in [-0.4, -0.2) is 26.0 Å². The van der Waals surface area contributed by atoms with E-state index in [0.717, 1.165) is 15.6 Å². The number of carbonyl (C=O) groups excluding carboxylic acids is 1. The second-order valence-corrected chi connectivity index (χ2v) is 5.06. The summed E-state index contributed by atoms with van der Waals surface area (Å²) >= 11 is 9.39. The Balaban J connectivity index is 2.30. The van der Waals surface area contributed by atoms with Crippen LogP contribution in [0.2, 0.25) is 5.02 Å². The highest BCUT2D eigenvalue weighted by atomic mass is 79.9. The van der Waals surface area contributed by atoms with Gasteiger partial charge in [-0.1, -0.05) is 11.6 Å². The summed E-state index contributed by atoms with van der Waals surface area (Å²) in [5.74, 6) is 0.666. The van der Waals surface area contributed by atoms with E-state index in [2.05, 4.69) is 31.5 Å². The SMILES string of the molecule is O=C1Cc2cc(Cl)c(Br)cc2-c2nnnn2C1. The first-order valence-electron chi connectivity index (χ1n) is 4.91. The number of benzene rings is 1. The fourth-order valence-corrected chi connectivity index (χ4v) is 2.41. The van der Waals surface area contributed by atoms with E-state index in [4.69, 9.17) is 11.6 Å². The Morgan fingerprint density at radius 1 is 1.41 bits per heavy atom. The van der Waals surface area contributed by atoms with Gasteiger partial charge in [-0.2, -0.15) is 0 Å². The van der Waals surface area contributed by atoms with Gasteiger partial charge in [-0.15, -0.1) is 5.10 Å². The largest absolute Gasteiger partial charge is 0.297 e. The summed E-state index contributed by atoms with van der Waals surface area (Å²) < 4.78 is 2.27.